The smallest absolute Gasteiger partial charge is 0.148 e. The Bertz CT molecular complexity index is 236. The molecule has 0 spiro atoms. The fourth-order valence-electron chi connectivity index (χ4n) is 0.929. The summed E-state index contributed by atoms with van der Waals surface area (Å²) in [5.74, 6) is 0.349. The SMILES string of the molecule is C=C(N)NC1N=CNC1C(N)=S. The Labute approximate surface area is 75.9 Å². The standard InChI is InChI=1S/C6H11N5S/c1-3(7)11-6-4(5(8)12)9-2-10-6/h2,4,6,11H,1,7H2,(H2,8,12)(H,9,10). The first-order chi connectivity index (χ1) is 5.61. The Kier molecular flexibility index (Phi) is 2.49. The fourth-order valence-corrected chi connectivity index (χ4v) is 1.13. The highest BCUT2D eigenvalue weighted by Gasteiger charge is 2.25. The van der Waals surface area contributed by atoms with Gasteiger partial charge in [0, 0.05) is 0 Å². The lowest BCUT2D eigenvalue weighted by Gasteiger charge is -2.18. The molecule has 1 aliphatic heterocycles. The van der Waals surface area contributed by atoms with Crippen molar-refractivity contribution in [3.63, 3.8) is 0 Å². The first-order valence-corrected chi connectivity index (χ1v) is 3.80. The van der Waals surface area contributed by atoms with Crippen molar-refractivity contribution in [2.75, 3.05) is 0 Å². The average Bonchev–Trinajstić information content (AvgIpc) is 2.33. The molecule has 1 rings (SSSR count). The molecule has 0 bridgehead atoms. The molecule has 6 N–H and O–H groups in total. The van der Waals surface area contributed by atoms with Gasteiger partial charge in [-0.05, 0) is 0 Å². The van der Waals surface area contributed by atoms with Crippen LogP contribution in [0.4, 0.5) is 0 Å². The maximum absolute atomic E-state index is 5.44. The Balaban J connectivity index is 2.57. The summed E-state index contributed by atoms with van der Waals surface area (Å²) in [4.78, 5) is 4.38. The number of aliphatic imine (C=N–C) groups is 1. The molecule has 0 aromatic rings. The zero-order valence-electron chi connectivity index (χ0n) is 6.45. The number of nitrogens with zero attached hydrogens (tertiary/aromatic N) is 1. The molecule has 0 radical (unpaired) electrons. The predicted molar refractivity (Wildman–Crippen MR) is 52.5 cm³/mol. The summed E-state index contributed by atoms with van der Waals surface area (Å²) in [6.07, 6.45) is 1.31. The van der Waals surface area contributed by atoms with Gasteiger partial charge in [0.1, 0.15) is 12.2 Å². The molecule has 2 atom stereocenters. The van der Waals surface area contributed by atoms with Crippen LogP contribution in [0.1, 0.15) is 0 Å². The molecular formula is C6H11N5S. The van der Waals surface area contributed by atoms with E-state index >= 15 is 0 Å². The Morgan fingerprint density at radius 2 is 2.33 bits per heavy atom. The molecule has 6 heteroatoms. The lowest BCUT2D eigenvalue weighted by molar-refractivity contribution is 0.559. The van der Waals surface area contributed by atoms with Crippen LogP contribution in [-0.2, 0) is 0 Å². The van der Waals surface area contributed by atoms with Gasteiger partial charge in [-0.1, -0.05) is 18.8 Å². The van der Waals surface area contributed by atoms with Gasteiger partial charge in [-0.2, -0.15) is 0 Å². The first kappa shape index (κ1) is 8.79. The summed E-state index contributed by atoms with van der Waals surface area (Å²) in [5, 5.41) is 5.72. The van der Waals surface area contributed by atoms with Gasteiger partial charge < -0.3 is 22.1 Å². The van der Waals surface area contributed by atoms with E-state index < -0.39 is 0 Å². The number of nitrogens with one attached hydrogen (secondary N) is 2. The molecule has 0 aromatic carbocycles. The predicted octanol–water partition coefficient (Wildman–Crippen LogP) is -1.38. The van der Waals surface area contributed by atoms with Crippen molar-refractivity contribution in [2.24, 2.45) is 16.5 Å². The van der Waals surface area contributed by atoms with Crippen LogP contribution in [0.5, 0.6) is 0 Å². The molecule has 0 fully saturated rings. The summed E-state index contributed by atoms with van der Waals surface area (Å²) >= 11 is 4.81. The fraction of sp³-hybridized carbons (Fsp3) is 0.333. The Hall–Kier alpha value is -1.30. The van der Waals surface area contributed by atoms with Gasteiger partial charge in [-0.15, -0.1) is 0 Å². The molecule has 0 saturated carbocycles. The van der Waals surface area contributed by atoms with Gasteiger partial charge in [0.15, 0.2) is 0 Å². The van der Waals surface area contributed by atoms with E-state index in [1.165, 1.54) is 0 Å². The van der Waals surface area contributed by atoms with Gasteiger partial charge >= 0.3 is 0 Å². The molecule has 1 heterocycles. The molecule has 12 heavy (non-hydrogen) atoms. The van der Waals surface area contributed by atoms with Crippen LogP contribution in [-0.4, -0.2) is 23.5 Å². The lowest BCUT2D eigenvalue weighted by atomic mass is 10.2. The van der Waals surface area contributed by atoms with Gasteiger partial charge in [0.25, 0.3) is 0 Å². The van der Waals surface area contributed by atoms with Crippen molar-refractivity contribution in [3.8, 4) is 0 Å². The van der Waals surface area contributed by atoms with E-state index in [1.807, 2.05) is 0 Å². The van der Waals surface area contributed by atoms with Crippen LogP contribution in [0.15, 0.2) is 17.4 Å². The van der Waals surface area contributed by atoms with Crippen molar-refractivity contribution < 1.29 is 0 Å². The summed E-state index contributed by atoms with van der Waals surface area (Å²) in [6, 6.07) is -0.180. The van der Waals surface area contributed by atoms with Gasteiger partial charge in [0.2, 0.25) is 0 Å². The lowest BCUT2D eigenvalue weighted by Crippen LogP contribution is -2.49. The van der Waals surface area contributed by atoms with E-state index in [9.17, 15) is 0 Å². The zero-order valence-corrected chi connectivity index (χ0v) is 7.27. The van der Waals surface area contributed by atoms with E-state index in [0.717, 1.165) is 0 Å². The van der Waals surface area contributed by atoms with Crippen LogP contribution in [0, 0.1) is 0 Å². The van der Waals surface area contributed by atoms with Crippen LogP contribution < -0.4 is 22.1 Å². The van der Waals surface area contributed by atoms with Crippen LogP contribution in [0.3, 0.4) is 0 Å². The molecule has 66 valence electrons. The first-order valence-electron chi connectivity index (χ1n) is 3.39. The van der Waals surface area contributed by atoms with Crippen LogP contribution in [0.2, 0.25) is 0 Å². The summed E-state index contributed by atoms with van der Waals surface area (Å²) in [7, 11) is 0. The third-order valence-electron chi connectivity index (χ3n) is 1.44. The highest BCUT2D eigenvalue weighted by Crippen LogP contribution is 2.01. The van der Waals surface area contributed by atoms with E-state index in [1.54, 1.807) is 6.34 Å². The summed E-state index contributed by atoms with van der Waals surface area (Å²) in [5.41, 5.74) is 10.8. The molecule has 0 amide bonds. The molecule has 0 saturated heterocycles. The van der Waals surface area contributed by atoms with Crippen molar-refractivity contribution in [1.29, 1.82) is 0 Å². The monoisotopic (exact) mass is 185 g/mol. The van der Waals surface area contributed by atoms with E-state index in [-0.39, 0.29) is 12.2 Å². The summed E-state index contributed by atoms with van der Waals surface area (Å²) in [6.45, 7) is 3.49. The quantitative estimate of drug-likeness (QED) is 0.407. The second-order valence-electron chi connectivity index (χ2n) is 2.44. The second kappa shape index (κ2) is 3.40. The average molecular weight is 185 g/mol. The second-order valence-corrected chi connectivity index (χ2v) is 2.91. The van der Waals surface area contributed by atoms with Crippen LogP contribution >= 0.6 is 12.2 Å². The van der Waals surface area contributed by atoms with Crippen molar-refractivity contribution >= 4 is 23.5 Å². The van der Waals surface area contributed by atoms with E-state index in [4.69, 9.17) is 23.7 Å². The molecule has 2 unspecified atom stereocenters. The van der Waals surface area contributed by atoms with Gasteiger partial charge in [-0.25, -0.2) is 4.99 Å². The molecule has 0 aliphatic carbocycles. The van der Waals surface area contributed by atoms with E-state index in [2.05, 4.69) is 22.2 Å². The van der Waals surface area contributed by atoms with Crippen molar-refractivity contribution in [2.45, 2.75) is 12.2 Å². The number of hydrogen-bond acceptors (Lipinski definition) is 5. The largest absolute Gasteiger partial charge is 0.391 e. The maximum Gasteiger partial charge on any atom is 0.148 e. The third-order valence-corrected chi connectivity index (χ3v) is 1.70. The van der Waals surface area contributed by atoms with Crippen molar-refractivity contribution in [3.05, 3.63) is 12.4 Å². The number of thiocarbonyl (C=S) groups is 1. The Morgan fingerprint density at radius 3 is 2.83 bits per heavy atom. The van der Waals surface area contributed by atoms with Gasteiger partial charge in [0.05, 0.1) is 17.1 Å². The minimum atomic E-state index is -0.236. The summed E-state index contributed by atoms with van der Waals surface area (Å²) < 4.78 is 0. The number of nitrogens with two attached hydrogens (primary N) is 2. The maximum atomic E-state index is 5.44. The molecule has 1 aliphatic rings. The number of rotatable bonds is 3. The minimum Gasteiger partial charge on any atom is -0.391 e. The zero-order chi connectivity index (χ0) is 9.14. The van der Waals surface area contributed by atoms with E-state index in [0.29, 0.717) is 10.8 Å². The van der Waals surface area contributed by atoms with Gasteiger partial charge in [-0.3, -0.25) is 0 Å². The van der Waals surface area contributed by atoms with Crippen molar-refractivity contribution in [1.82, 2.24) is 10.6 Å². The van der Waals surface area contributed by atoms with Crippen LogP contribution in [0.25, 0.3) is 0 Å². The molecule has 0 aromatic heterocycles. The Morgan fingerprint density at radius 1 is 1.67 bits per heavy atom. The minimum absolute atomic E-state index is 0.180. The highest BCUT2D eigenvalue weighted by molar-refractivity contribution is 7.80. The topological polar surface area (TPSA) is 88.5 Å². The third kappa shape index (κ3) is 1.85. The highest BCUT2D eigenvalue weighted by atomic mass is 32.1. The molecular weight excluding hydrogens is 174 g/mol. The number of hydrogen-bond donors (Lipinski definition) is 4. The molecule has 5 nitrogen and oxygen atoms in total. The normalized spacial score (nSPS) is 26.3.